The predicted molar refractivity (Wildman–Crippen MR) is 93.4 cm³/mol. The Hall–Kier alpha value is -2.41. The van der Waals surface area contributed by atoms with E-state index >= 15 is 0 Å². The second-order valence-corrected chi connectivity index (χ2v) is 7.17. The van der Waals surface area contributed by atoms with Crippen molar-refractivity contribution in [2.24, 2.45) is 5.92 Å². The molecule has 1 aromatic carbocycles. The first-order valence-corrected chi connectivity index (χ1v) is 8.49. The Morgan fingerprint density at radius 2 is 2.04 bits per heavy atom. The lowest BCUT2D eigenvalue weighted by atomic mass is 9.95. The number of carbonyl (C=O) groups excluding carboxylic acids is 2. The molecular formula is C18H23N3O4. The van der Waals surface area contributed by atoms with Crippen LogP contribution in [0.5, 0.6) is 0 Å². The Labute approximate surface area is 146 Å². The van der Waals surface area contributed by atoms with E-state index in [1.807, 2.05) is 23.1 Å². The first kappa shape index (κ1) is 17.4. The van der Waals surface area contributed by atoms with E-state index in [1.165, 1.54) is 4.90 Å². The molecule has 2 heterocycles. The van der Waals surface area contributed by atoms with Gasteiger partial charge in [-0.25, -0.2) is 0 Å². The number of nitrogens with one attached hydrogen (secondary N) is 1. The number of piperidine rings is 1. The normalized spacial score (nSPS) is 22.9. The van der Waals surface area contributed by atoms with Crippen molar-refractivity contribution in [3.8, 4) is 0 Å². The lowest BCUT2D eigenvalue weighted by molar-refractivity contribution is -0.144. The molecule has 7 nitrogen and oxygen atoms in total. The van der Waals surface area contributed by atoms with Gasteiger partial charge in [0.25, 0.3) is 0 Å². The maximum Gasteiger partial charge on any atom is 0.307 e. The van der Waals surface area contributed by atoms with Crippen LogP contribution in [0.1, 0.15) is 26.7 Å². The van der Waals surface area contributed by atoms with Gasteiger partial charge in [-0.15, -0.1) is 0 Å². The lowest BCUT2D eigenvalue weighted by Gasteiger charge is -2.43. The summed E-state index contributed by atoms with van der Waals surface area (Å²) < 4.78 is 0. The molecule has 2 aliphatic heterocycles. The molecule has 0 bridgehead atoms. The number of aliphatic carboxylic acids is 1. The van der Waals surface area contributed by atoms with Crippen molar-refractivity contribution < 1.29 is 19.5 Å². The minimum absolute atomic E-state index is 0.106. The van der Waals surface area contributed by atoms with E-state index in [0.717, 1.165) is 6.42 Å². The number of anilines is 2. The van der Waals surface area contributed by atoms with Gasteiger partial charge in [0.05, 0.1) is 23.8 Å². The molecule has 0 radical (unpaired) electrons. The van der Waals surface area contributed by atoms with Crippen LogP contribution in [-0.2, 0) is 14.4 Å². The van der Waals surface area contributed by atoms with Crippen LogP contribution >= 0.6 is 0 Å². The van der Waals surface area contributed by atoms with E-state index in [1.54, 1.807) is 19.9 Å². The van der Waals surface area contributed by atoms with E-state index in [4.69, 9.17) is 0 Å². The molecule has 134 valence electrons. The van der Waals surface area contributed by atoms with Crippen LogP contribution in [0.4, 0.5) is 11.4 Å². The largest absolute Gasteiger partial charge is 0.481 e. The molecule has 2 amide bonds. The zero-order valence-electron chi connectivity index (χ0n) is 14.5. The van der Waals surface area contributed by atoms with Crippen LogP contribution in [0.2, 0.25) is 0 Å². The van der Waals surface area contributed by atoms with Crippen LogP contribution in [-0.4, -0.2) is 53.0 Å². The maximum absolute atomic E-state index is 13.0. The molecular weight excluding hydrogens is 322 g/mol. The number of para-hydroxylation sites is 2. The molecule has 2 N–H and O–H groups in total. The molecule has 1 unspecified atom stereocenters. The molecule has 0 saturated carbocycles. The van der Waals surface area contributed by atoms with Crippen molar-refractivity contribution in [1.82, 2.24) is 4.90 Å². The second kappa shape index (κ2) is 6.48. The molecule has 7 heteroatoms. The zero-order valence-corrected chi connectivity index (χ0v) is 14.5. The summed E-state index contributed by atoms with van der Waals surface area (Å²) in [4.78, 5) is 40.1. The minimum atomic E-state index is -1.01. The van der Waals surface area contributed by atoms with Gasteiger partial charge in [-0.3, -0.25) is 24.2 Å². The monoisotopic (exact) mass is 345 g/mol. The number of nitrogens with zero attached hydrogens (tertiary/aromatic N) is 2. The molecule has 1 aromatic rings. The Balaban J connectivity index is 1.83. The number of carbonyl (C=O) groups is 3. The van der Waals surface area contributed by atoms with Gasteiger partial charge in [0.15, 0.2) is 0 Å². The lowest BCUT2D eigenvalue weighted by Crippen LogP contribution is -2.60. The number of carboxylic acids is 1. The number of fused-ring (bicyclic) bond motifs is 1. The van der Waals surface area contributed by atoms with Gasteiger partial charge < -0.3 is 10.4 Å². The van der Waals surface area contributed by atoms with Gasteiger partial charge in [0, 0.05) is 6.54 Å². The third-order valence-electron chi connectivity index (χ3n) is 4.97. The number of hydrogen-bond acceptors (Lipinski definition) is 4. The molecule has 0 aromatic heterocycles. The molecule has 1 atom stereocenters. The summed E-state index contributed by atoms with van der Waals surface area (Å²) in [5.74, 6) is -1.69. The number of benzene rings is 1. The van der Waals surface area contributed by atoms with E-state index in [0.29, 0.717) is 30.9 Å². The molecule has 25 heavy (non-hydrogen) atoms. The van der Waals surface area contributed by atoms with Crippen molar-refractivity contribution in [3.05, 3.63) is 24.3 Å². The van der Waals surface area contributed by atoms with Crippen LogP contribution < -0.4 is 10.2 Å². The van der Waals surface area contributed by atoms with Crippen molar-refractivity contribution in [1.29, 1.82) is 0 Å². The van der Waals surface area contributed by atoms with Crippen molar-refractivity contribution in [2.45, 2.75) is 32.2 Å². The summed E-state index contributed by atoms with van der Waals surface area (Å²) in [6.07, 6.45) is 1.39. The summed E-state index contributed by atoms with van der Waals surface area (Å²) in [6, 6.07) is 7.21. The summed E-state index contributed by atoms with van der Waals surface area (Å²) in [7, 11) is 0. The molecule has 1 fully saturated rings. The molecule has 3 rings (SSSR count). The summed E-state index contributed by atoms with van der Waals surface area (Å²) in [5.41, 5.74) is 0.277. The Kier molecular flexibility index (Phi) is 4.51. The summed E-state index contributed by atoms with van der Waals surface area (Å²) in [5, 5.41) is 12.0. The van der Waals surface area contributed by atoms with E-state index in [9.17, 15) is 19.5 Å². The molecule has 0 aliphatic carbocycles. The van der Waals surface area contributed by atoms with E-state index < -0.39 is 17.4 Å². The van der Waals surface area contributed by atoms with Gasteiger partial charge in [-0.05, 0) is 45.4 Å². The topological polar surface area (TPSA) is 90.0 Å². The predicted octanol–water partition coefficient (Wildman–Crippen LogP) is 1.55. The fourth-order valence-electron chi connectivity index (χ4n) is 3.56. The fourth-order valence-corrected chi connectivity index (χ4v) is 3.56. The average molecular weight is 345 g/mol. The number of hydrogen-bond donors (Lipinski definition) is 2. The van der Waals surface area contributed by atoms with Gasteiger partial charge >= 0.3 is 5.97 Å². The maximum atomic E-state index is 13.0. The van der Waals surface area contributed by atoms with Crippen LogP contribution in [0.15, 0.2) is 24.3 Å². The Morgan fingerprint density at radius 3 is 2.76 bits per heavy atom. The highest BCUT2D eigenvalue weighted by Crippen LogP contribution is 2.36. The second-order valence-electron chi connectivity index (χ2n) is 7.17. The van der Waals surface area contributed by atoms with Gasteiger partial charge in [-0.2, -0.15) is 0 Å². The number of rotatable bonds is 3. The van der Waals surface area contributed by atoms with Crippen LogP contribution in [0, 0.1) is 5.92 Å². The quantitative estimate of drug-likeness (QED) is 0.867. The first-order chi connectivity index (χ1) is 11.8. The summed E-state index contributed by atoms with van der Waals surface area (Å²) in [6.45, 7) is 4.59. The molecule has 2 aliphatic rings. The third-order valence-corrected chi connectivity index (χ3v) is 4.97. The van der Waals surface area contributed by atoms with E-state index in [2.05, 4.69) is 5.32 Å². The Morgan fingerprint density at radius 1 is 1.32 bits per heavy atom. The van der Waals surface area contributed by atoms with Crippen LogP contribution in [0.25, 0.3) is 0 Å². The van der Waals surface area contributed by atoms with Crippen molar-refractivity contribution in [2.75, 3.05) is 29.9 Å². The number of carboxylic acid groups (broad SMARTS) is 1. The number of amides is 2. The third kappa shape index (κ3) is 3.24. The van der Waals surface area contributed by atoms with Crippen LogP contribution in [0.3, 0.4) is 0 Å². The molecule has 1 saturated heterocycles. The average Bonchev–Trinajstić information content (AvgIpc) is 2.55. The van der Waals surface area contributed by atoms with Gasteiger partial charge in [0.2, 0.25) is 11.8 Å². The highest BCUT2D eigenvalue weighted by atomic mass is 16.4. The van der Waals surface area contributed by atoms with Gasteiger partial charge in [0.1, 0.15) is 5.54 Å². The Bertz CT molecular complexity index is 716. The van der Waals surface area contributed by atoms with Gasteiger partial charge in [-0.1, -0.05) is 12.1 Å². The SMILES string of the molecule is CC1(C)C(=O)Nc2ccccc2N1C(=O)CN1CCCC(C(=O)O)C1. The minimum Gasteiger partial charge on any atom is -0.481 e. The van der Waals surface area contributed by atoms with E-state index in [-0.39, 0.29) is 18.4 Å². The standard InChI is InChI=1S/C18H23N3O4/c1-18(2)17(25)19-13-7-3-4-8-14(13)21(18)15(22)11-20-9-5-6-12(10-20)16(23)24/h3-4,7-8,12H,5-6,9-11H2,1-2H3,(H,19,25)(H,23,24). The van der Waals surface area contributed by atoms with Crippen molar-refractivity contribution in [3.63, 3.8) is 0 Å². The van der Waals surface area contributed by atoms with Crippen molar-refractivity contribution >= 4 is 29.2 Å². The highest BCUT2D eigenvalue weighted by molar-refractivity contribution is 6.14. The summed E-state index contributed by atoms with van der Waals surface area (Å²) >= 11 is 0. The highest BCUT2D eigenvalue weighted by Gasteiger charge is 2.44. The number of likely N-dealkylation sites (tertiary alicyclic amines) is 1. The fraction of sp³-hybridized carbons (Fsp3) is 0.500. The molecule has 0 spiro atoms. The smallest absolute Gasteiger partial charge is 0.307 e. The zero-order chi connectivity index (χ0) is 18.2. The first-order valence-electron chi connectivity index (χ1n) is 8.49.